The van der Waals surface area contributed by atoms with Crippen LogP contribution in [0.15, 0.2) is 41.3 Å². The third-order valence-electron chi connectivity index (χ3n) is 5.14. The fraction of sp³-hybridized carbons (Fsp3) is 0.409. The molecule has 1 saturated heterocycles. The minimum Gasteiger partial charge on any atom is -0.462 e. The predicted molar refractivity (Wildman–Crippen MR) is 115 cm³/mol. The van der Waals surface area contributed by atoms with Gasteiger partial charge in [-0.15, -0.1) is 0 Å². The minimum absolute atomic E-state index is 0.190. The first-order valence-electron chi connectivity index (χ1n) is 10.3. The molecule has 1 amide bonds. The van der Waals surface area contributed by atoms with Gasteiger partial charge in [-0.25, -0.2) is 18.2 Å². The Morgan fingerprint density at radius 2 is 1.74 bits per heavy atom. The number of hydrogen-bond acceptors (Lipinski definition) is 6. The average molecular weight is 446 g/mol. The Labute approximate surface area is 182 Å². The van der Waals surface area contributed by atoms with Gasteiger partial charge in [0, 0.05) is 19.6 Å². The van der Waals surface area contributed by atoms with E-state index in [1.165, 1.54) is 16.4 Å². The summed E-state index contributed by atoms with van der Waals surface area (Å²) in [5, 5.41) is 2.76. The first-order valence-corrected chi connectivity index (χ1v) is 11.8. The second-order valence-electron chi connectivity index (χ2n) is 7.34. The maximum atomic E-state index is 12.7. The Bertz CT molecular complexity index is 1050. The molecule has 3 rings (SSSR count). The van der Waals surface area contributed by atoms with Crippen LogP contribution in [0.1, 0.15) is 58.3 Å². The van der Waals surface area contributed by atoms with Crippen LogP contribution >= 0.6 is 0 Å². The van der Waals surface area contributed by atoms with Crippen molar-refractivity contribution in [2.24, 2.45) is 0 Å². The van der Waals surface area contributed by atoms with Gasteiger partial charge in [-0.1, -0.05) is 18.6 Å². The number of pyridine rings is 1. The van der Waals surface area contributed by atoms with E-state index in [9.17, 15) is 18.0 Å². The number of carbonyl (C=O) groups excluding carboxylic acids is 2. The number of benzene rings is 1. The molecular formula is C22H27N3O5S. The van der Waals surface area contributed by atoms with Crippen LogP contribution in [0.2, 0.25) is 0 Å². The summed E-state index contributed by atoms with van der Waals surface area (Å²) in [5.74, 6) is -0.859. The second kappa shape index (κ2) is 10.0. The molecule has 1 aliphatic heterocycles. The van der Waals surface area contributed by atoms with Crippen LogP contribution in [0, 0.1) is 6.92 Å². The lowest BCUT2D eigenvalue weighted by Gasteiger charge is -2.25. The summed E-state index contributed by atoms with van der Waals surface area (Å²) in [4.78, 5) is 28.7. The van der Waals surface area contributed by atoms with E-state index in [0.29, 0.717) is 24.3 Å². The molecule has 0 bridgehead atoms. The SMILES string of the molecule is CCOC(=O)c1ccc(C(=O)NCc2ccc(S(=O)(=O)N3CCCCC3)cc2)nc1C. The van der Waals surface area contributed by atoms with Gasteiger partial charge < -0.3 is 10.1 Å². The molecule has 0 radical (unpaired) electrons. The summed E-state index contributed by atoms with van der Waals surface area (Å²) in [6.45, 7) is 4.97. The normalized spacial score (nSPS) is 14.8. The number of sulfonamides is 1. The molecule has 2 aromatic rings. The zero-order valence-corrected chi connectivity index (χ0v) is 18.6. The van der Waals surface area contributed by atoms with E-state index in [-0.39, 0.29) is 29.6 Å². The van der Waals surface area contributed by atoms with Gasteiger partial charge in [0.05, 0.1) is 22.8 Å². The van der Waals surface area contributed by atoms with E-state index in [0.717, 1.165) is 24.8 Å². The Balaban J connectivity index is 1.62. The number of nitrogens with zero attached hydrogens (tertiary/aromatic N) is 2. The molecule has 31 heavy (non-hydrogen) atoms. The highest BCUT2D eigenvalue weighted by Gasteiger charge is 2.25. The quantitative estimate of drug-likeness (QED) is 0.657. The van der Waals surface area contributed by atoms with Gasteiger partial charge >= 0.3 is 5.97 Å². The number of carbonyl (C=O) groups is 2. The smallest absolute Gasteiger partial charge is 0.339 e. The van der Waals surface area contributed by atoms with E-state index >= 15 is 0 Å². The Morgan fingerprint density at radius 3 is 2.35 bits per heavy atom. The van der Waals surface area contributed by atoms with E-state index in [1.807, 2.05) is 0 Å². The fourth-order valence-electron chi connectivity index (χ4n) is 3.42. The van der Waals surface area contributed by atoms with Crippen LogP contribution in [0.25, 0.3) is 0 Å². The summed E-state index contributed by atoms with van der Waals surface area (Å²) < 4.78 is 31.9. The van der Waals surface area contributed by atoms with Crippen LogP contribution in [0.5, 0.6) is 0 Å². The lowest BCUT2D eigenvalue weighted by atomic mass is 10.1. The van der Waals surface area contributed by atoms with Gasteiger partial charge in [0.2, 0.25) is 10.0 Å². The van der Waals surface area contributed by atoms with Crippen molar-refractivity contribution < 1.29 is 22.7 Å². The molecule has 1 aliphatic rings. The molecule has 1 aromatic carbocycles. The summed E-state index contributed by atoms with van der Waals surface area (Å²) in [7, 11) is -3.47. The number of piperidine rings is 1. The number of amides is 1. The van der Waals surface area contributed by atoms with Crippen molar-refractivity contribution >= 4 is 21.9 Å². The van der Waals surface area contributed by atoms with Crippen molar-refractivity contribution in [2.75, 3.05) is 19.7 Å². The molecule has 1 fully saturated rings. The van der Waals surface area contributed by atoms with Crippen molar-refractivity contribution in [3.63, 3.8) is 0 Å². The Kier molecular flexibility index (Phi) is 7.40. The lowest BCUT2D eigenvalue weighted by Crippen LogP contribution is -2.35. The molecule has 2 heterocycles. The van der Waals surface area contributed by atoms with Crippen LogP contribution < -0.4 is 5.32 Å². The highest BCUT2D eigenvalue weighted by atomic mass is 32.2. The van der Waals surface area contributed by atoms with Crippen LogP contribution in [0.4, 0.5) is 0 Å². The third-order valence-corrected chi connectivity index (χ3v) is 7.06. The third kappa shape index (κ3) is 5.48. The van der Waals surface area contributed by atoms with Gasteiger partial charge in [-0.05, 0) is 56.5 Å². The zero-order valence-electron chi connectivity index (χ0n) is 17.8. The Morgan fingerprint density at radius 1 is 1.06 bits per heavy atom. The van der Waals surface area contributed by atoms with E-state index in [1.54, 1.807) is 38.1 Å². The molecule has 8 nitrogen and oxygen atoms in total. The molecule has 0 aliphatic carbocycles. The molecule has 0 saturated carbocycles. The molecule has 166 valence electrons. The largest absolute Gasteiger partial charge is 0.462 e. The number of ether oxygens (including phenoxy) is 1. The standard InChI is InChI=1S/C22H27N3O5S/c1-3-30-22(27)19-11-12-20(24-16(19)2)21(26)23-15-17-7-9-18(10-8-17)31(28,29)25-13-5-4-6-14-25/h7-12H,3-6,13-15H2,1-2H3,(H,23,26). The van der Waals surface area contributed by atoms with Crippen LogP contribution in [0.3, 0.4) is 0 Å². The number of rotatable bonds is 7. The summed E-state index contributed by atoms with van der Waals surface area (Å²) in [6.07, 6.45) is 2.83. The summed E-state index contributed by atoms with van der Waals surface area (Å²) in [5.41, 5.74) is 1.70. The molecule has 1 N–H and O–H groups in total. The molecule has 1 aromatic heterocycles. The van der Waals surface area contributed by atoms with Gasteiger partial charge in [-0.2, -0.15) is 4.31 Å². The Hall–Kier alpha value is -2.78. The van der Waals surface area contributed by atoms with E-state index in [4.69, 9.17) is 4.74 Å². The highest BCUT2D eigenvalue weighted by Crippen LogP contribution is 2.21. The number of esters is 1. The van der Waals surface area contributed by atoms with Gasteiger partial charge in [0.25, 0.3) is 5.91 Å². The lowest BCUT2D eigenvalue weighted by molar-refractivity contribution is 0.0524. The summed E-state index contributed by atoms with van der Waals surface area (Å²) >= 11 is 0. The maximum absolute atomic E-state index is 12.7. The second-order valence-corrected chi connectivity index (χ2v) is 9.28. The van der Waals surface area contributed by atoms with Crippen molar-refractivity contribution in [2.45, 2.75) is 44.6 Å². The van der Waals surface area contributed by atoms with Crippen LogP contribution in [-0.2, 0) is 21.3 Å². The predicted octanol–water partition coefficient (Wildman–Crippen LogP) is 2.67. The average Bonchev–Trinajstić information content (AvgIpc) is 2.78. The molecule has 0 unspecified atom stereocenters. The fourth-order valence-corrected chi connectivity index (χ4v) is 4.94. The number of hydrogen-bond donors (Lipinski definition) is 1. The number of aryl methyl sites for hydroxylation is 1. The molecule has 0 atom stereocenters. The van der Waals surface area contributed by atoms with Crippen molar-refractivity contribution in [1.82, 2.24) is 14.6 Å². The zero-order chi connectivity index (χ0) is 22.4. The highest BCUT2D eigenvalue weighted by molar-refractivity contribution is 7.89. The maximum Gasteiger partial charge on any atom is 0.339 e. The summed E-state index contributed by atoms with van der Waals surface area (Å²) in [6, 6.07) is 9.53. The van der Waals surface area contributed by atoms with E-state index in [2.05, 4.69) is 10.3 Å². The molecular weight excluding hydrogens is 418 g/mol. The first kappa shape index (κ1) is 22.9. The monoisotopic (exact) mass is 445 g/mol. The molecule has 0 spiro atoms. The number of aromatic nitrogens is 1. The molecule has 9 heteroatoms. The van der Waals surface area contributed by atoms with Crippen molar-refractivity contribution in [3.05, 3.63) is 58.9 Å². The van der Waals surface area contributed by atoms with E-state index < -0.39 is 16.0 Å². The van der Waals surface area contributed by atoms with Crippen molar-refractivity contribution in [1.29, 1.82) is 0 Å². The topological polar surface area (TPSA) is 106 Å². The van der Waals surface area contributed by atoms with Gasteiger partial charge in [-0.3, -0.25) is 4.79 Å². The van der Waals surface area contributed by atoms with Gasteiger partial charge in [0.15, 0.2) is 0 Å². The first-order chi connectivity index (χ1) is 14.8. The minimum atomic E-state index is -3.47. The van der Waals surface area contributed by atoms with Crippen LogP contribution in [-0.4, -0.2) is 49.3 Å². The van der Waals surface area contributed by atoms with Crippen molar-refractivity contribution in [3.8, 4) is 0 Å². The van der Waals surface area contributed by atoms with Gasteiger partial charge in [0.1, 0.15) is 5.69 Å². The number of nitrogens with one attached hydrogen (secondary N) is 1.